The van der Waals surface area contributed by atoms with Gasteiger partial charge in [0.1, 0.15) is 0 Å². The molecule has 0 amide bonds. The fourth-order valence-electron chi connectivity index (χ4n) is 2.62. The topological polar surface area (TPSA) is 94.5 Å². The molecule has 0 aromatic heterocycles. The zero-order chi connectivity index (χ0) is 15.8. The second-order valence-corrected chi connectivity index (χ2v) is 13.9. The number of rotatable bonds is 6. The van der Waals surface area contributed by atoms with Crippen molar-refractivity contribution in [3.63, 3.8) is 0 Å². The molecule has 7 nitrogen and oxygen atoms in total. The Labute approximate surface area is 127 Å². The number of aliphatic hydroxyl groups excluding tert-OH is 2. The third kappa shape index (κ3) is 4.55. The van der Waals surface area contributed by atoms with E-state index in [1.54, 1.807) is 11.4 Å². The van der Waals surface area contributed by atoms with E-state index in [-0.39, 0.29) is 25.4 Å². The van der Waals surface area contributed by atoms with Crippen molar-refractivity contribution >= 4 is 13.5 Å². The third-order valence-corrected chi connectivity index (χ3v) is 5.99. The Morgan fingerprint density at radius 2 is 1.90 bits per heavy atom. The van der Waals surface area contributed by atoms with Gasteiger partial charge in [0.2, 0.25) is 0 Å². The van der Waals surface area contributed by atoms with Crippen LogP contribution in [0.2, 0.25) is 16.6 Å². The predicted molar refractivity (Wildman–Crippen MR) is 74.5 cm³/mol. The first kappa shape index (κ1) is 17.5. The van der Waals surface area contributed by atoms with E-state index in [9.17, 15) is 8.85 Å². The molecule has 2 aliphatic heterocycles. The van der Waals surface area contributed by atoms with Crippen LogP contribution in [0.1, 0.15) is 13.8 Å². The van der Waals surface area contributed by atoms with Crippen molar-refractivity contribution in [3.05, 3.63) is 0 Å². The van der Waals surface area contributed by atoms with Crippen LogP contribution in [-0.2, 0) is 22.7 Å². The standard InChI is InChI=1S/C13H25AsO7/c1-13(2)20-10-9(5-14(3,4)17)19-12(11(10)21-13)18-7-8(16)6-15/h8-12,15-16H,5-7H2,1-4H3/t8-,9-,10-,11-,12-/m1/s1. The summed E-state index contributed by atoms with van der Waals surface area (Å²) >= 11 is -2.90. The number of hydrogen-bond donors (Lipinski definition) is 2. The summed E-state index contributed by atoms with van der Waals surface area (Å²) in [5.41, 5.74) is 3.53. The second kappa shape index (κ2) is 6.32. The summed E-state index contributed by atoms with van der Waals surface area (Å²) in [5, 5.41) is 18.6. The molecular weight excluding hydrogens is 343 g/mol. The van der Waals surface area contributed by atoms with E-state index in [1.165, 1.54) is 0 Å². The minimum atomic E-state index is -2.90. The molecule has 124 valence electrons. The van der Waals surface area contributed by atoms with Gasteiger partial charge in [0.25, 0.3) is 0 Å². The maximum absolute atomic E-state index is 12.1. The first-order valence-electron chi connectivity index (χ1n) is 7.07. The van der Waals surface area contributed by atoms with Crippen molar-refractivity contribution in [3.8, 4) is 0 Å². The zero-order valence-corrected chi connectivity index (χ0v) is 14.8. The average Bonchev–Trinajstić information content (AvgIpc) is 2.80. The minimum absolute atomic E-state index is 0.0538. The number of aliphatic hydroxyl groups is 2. The Kier molecular flexibility index (Phi) is 5.26. The first-order chi connectivity index (χ1) is 9.61. The van der Waals surface area contributed by atoms with Crippen LogP contribution in [0.25, 0.3) is 0 Å². The van der Waals surface area contributed by atoms with Gasteiger partial charge >= 0.3 is 127 Å². The van der Waals surface area contributed by atoms with E-state index in [0.717, 1.165) is 0 Å². The van der Waals surface area contributed by atoms with Crippen molar-refractivity contribution in [1.82, 2.24) is 0 Å². The monoisotopic (exact) mass is 368 g/mol. The van der Waals surface area contributed by atoms with Crippen molar-refractivity contribution < 1.29 is 32.9 Å². The molecule has 2 N–H and O–H groups in total. The molecule has 0 bridgehead atoms. The summed E-state index contributed by atoms with van der Waals surface area (Å²) in [5.74, 6) is -0.743. The van der Waals surface area contributed by atoms with Crippen LogP contribution in [0.4, 0.5) is 0 Å². The predicted octanol–water partition coefficient (Wildman–Crippen LogP) is 0.237. The molecule has 2 rings (SSSR count). The molecule has 8 heteroatoms. The maximum atomic E-state index is 12.1. The van der Waals surface area contributed by atoms with Gasteiger partial charge in [0.05, 0.1) is 0 Å². The molecule has 0 aromatic rings. The molecule has 0 radical (unpaired) electrons. The molecule has 0 unspecified atom stereocenters. The van der Waals surface area contributed by atoms with Gasteiger partial charge in [-0.05, 0) is 0 Å². The quantitative estimate of drug-likeness (QED) is 0.649. The Balaban J connectivity index is 2.04. The van der Waals surface area contributed by atoms with Gasteiger partial charge in [-0.1, -0.05) is 0 Å². The first-order valence-corrected chi connectivity index (χ1v) is 12.9. The van der Waals surface area contributed by atoms with Crippen LogP contribution in [0.3, 0.4) is 0 Å². The summed E-state index contributed by atoms with van der Waals surface area (Å²) in [6, 6.07) is 0. The van der Waals surface area contributed by atoms with Crippen molar-refractivity contribution in [2.45, 2.75) is 67.0 Å². The third-order valence-electron chi connectivity index (χ3n) is 3.39. The summed E-state index contributed by atoms with van der Waals surface area (Å²) in [4.78, 5) is 0. The molecule has 21 heavy (non-hydrogen) atoms. The Hall–Kier alpha value is 0.118. The van der Waals surface area contributed by atoms with E-state index >= 15 is 0 Å². The molecule has 0 saturated carbocycles. The van der Waals surface area contributed by atoms with Gasteiger partial charge in [0, 0.05) is 0 Å². The van der Waals surface area contributed by atoms with Gasteiger partial charge in [-0.2, -0.15) is 0 Å². The van der Waals surface area contributed by atoms with E-state index in [4.69, 9.17) is 24.1 Å². The molecule has 2 heterocycles. The Morgan fingerprint density at radius 3 is 2.48 bits per heavy atom. The fourth-order valence-corrected chi connectivity index (χ4v) is 5.05. The van der Waals surface area contributed by atoms with Gasteiger partial charge in [0.15, 0.2) is 0 Å². The van der Waals surface area contributed by atoms with Gasteiger partial charge in [-0.25, -0.2) is 0 Å². The molecule has 2 fully saturated rings. The van der Waals surface area contributed by atoms with Crippen LogP contribution >= 0.6 is 0 Å². The molecule has 0 aliphatic carbocycles. The van der Waals surface area contributed by atoms with Crippen molar-refractivity contribution in [2.24, 2.45) is 0 Å². The van der Waals surface area contributed by atoms with Crippen molar-refractivity contribution in [1.29, 1.82) is 0 Å². The van der Waals surface area contributed by atoms with Gasteiger partial charge in [-0.15, -0.1) is 0 Å². The average molecular weight is 368 g/mol. The molecular formula is C13H25AsO7. The summed E-state index contributed by atoms with van der Waals surface area (Å²) < 4.78 is 35.0. The zero-order valence-electron chi connectivity index (χ0n) is 12.9. The van der Waals surface area contributed by atoms with E-state index in [0.29, 0.717) is 5.21 Å². The van der Waals surface area contributed by atoms with Gasteiger partial charge in [-0.3, -0.25) is 0 Å². The number of ether oxygens (including phenoxy) is 4. The van der Waals surface area contributed by atoms with Gasteiger partial charge < -0.3 is 0 Å². The fraction of sp³-hybridized carbons (Fsp3) is 1.00. The van der Waals surface area contributed by atoms with E-state index in [1.807, 2.05) is 13.8 Å². The van der Waals surface area contributed by atoms with Crippen molar-refractivity contribution in [2.75, 3.05) is 13.2 Å². The summed E-state index contributed by atoms with van der Waals surface area (Å²) in [6.07, 6.45) is -2.74. The van der Waals surface area contributed by atoms with Crippen LogP contribution < -0.4 is 0 Å². The second-order valence-electron chi connectivity index (χ2n) is 6.53. The molecule has 5 atom stereocenters. The van der Waals surface area contributed by atoms with E-state index < -0.39 is 37.8 Å². The Bertz CT molecular complexity index is 407. The Morgan fingerprint density at radius 1 is 1.29 bits per heavy atom. The summed E-state index contributed by atoms with van der Waals surface area (Å²) in [6.45, 7) is 3.19. The van der Waals surface area contributed by atoms with Crippen LogP contribution in [-0.4, -0.2) is 73.4 Å². The van der Waals surface area contributed by atoms with E-state index in [2.05, 4.69) is 0 Å². The van der Waals surface area contributed by atoms with Crippen LogP contribution in [0.5, 0.6) is 0 Å². The number of hydrogen-bond acceptors (Lipinski definition) is 7. The van der Waals surface area contributed by atoms with Crippen LogP contribution in [0, 0.1) is 0 Å². The molecule has 2 aliphatic rings. The molecule has 0 spiro atoms. The SMILES string of the molecule is CC1(C)O[C@H]2[C@H](OC[C@H](O)CO)O[C@H](C[As](C)(C)=O)[C@H]2O1. The molecule has 2 saturated heterocycles. The summed E-state index contributed by atoms with van der Waals surface area (Å²) in [7, 11) is 0. The molecule has 0 aromatic carbocycles. The normalized spacial score (nSPS) is 36.7. The van der Waals surface area contributed by atoms with Crippen LogP contribution in [0.15, 0.2) is 0 Å². The number of fused-ring (bicyclic) bond motifs is 1.